The van der Waals surface area contributed by atoms with Crippen molar-refractivity contribution in [3.8, 4) is 11.6 Å². The SMILES string of the molecule is Cc1ccc(C(=O)NCC(C)O)cc1-n1c(C)nc(OCc2ccc(F)cc2F)c(Br)c1=O. The predicted octanol–water partition coefficient (Wildman–Crippen LogP) is 3.58. The second-order valence-corrected chi connectivity index (χ2v) is 8.30. The number of aryl methyl sites for hydroxylation is 2. The molecular formula is C23H22BrF2N3O4. The Morgan fingerprint density at radius 2 is 1.97 bits per heavy atom. The molecule has 3 aromatic rings. The number of nitrogens with one attached hydrogen (secondary N) is 1. The number of ether oxygens (including phenoxy) is 1. The zero-order valence-corrected chi connectivity index (χ0v) is 19.7. The molecule has 0 bridgehead atoms. The summed E-state index contributed by atoms with van der Waals surface area (Å²) < 4.78 is 33.8. The van der Waals surface area contributed by atoms with E-state index in [0.29, 0.717) is 11.3 Å². The molecule has 3 rings (SSSR count). The van der Waals surface area contributed by atoms with E-state index in [-0.39, 0.29) is 34.9 Å². The summed E-state index contributed by atoms with van der Waals surface area (Å²) in [6, 6.07) is 7.99. The summed E-state index contributed by atoms with van der Waals surface area (Å²) >= 11 is 3.20. The highest BCUT2D eigenvalue weighted by atomic mass is 79.9. The fraction of sp³-hybridized carbons (Fsp3) is 0.261. The van der Waals surface area contributed by atoms with Gasteiger partial charge in [0.05, 0.1) is 11.8 Å². The summed E-state index contributed by atoms with van der Waals surface area (Å²) in [4.78, 5) is 29.8. The maximum absolute atomic E-state index is 13.9. The summed E-state index contributed by atoms with van der Waals surface area (Å²) in [5.41, 5.74) is 1.11. The third kappa shape index (κ3) is 5.63. The van der Waals surface area contributed by atoms with Crippen LogP contribution in [0, 0.1) is 25.5 Å². The summed E-state index contributed by atoms with van der Waals surface area (Å²) in [6.45, 7) is 4.78. The molecule has 10 heteroatoms. The van der Waals surface area contributed by atoms with Crippen molar-refractivity contribution in [3.63, 3.8) is 0 Å². The molecule has 0 saturated heterocycles. The van der Waals surface area contributed by atoms with Crippen molar-refractivity contribution < 1.29 is 23.4 Å². The first-order valence-corrected chi connectivity index (χ1v) is 10.8. The van der Waals surface area contributed by atoms with Crippen LogP contribution in [0.5, 0.6) is 5.88 Å². The Labute approximate surface area is 197 Å². The Bertz CT molecular complexity index is 1260. The first-order chi connectivity index (χ1) is 15.6. The maximum atomic E-state index is 13.9. The van der Waals surface area contributed by atoms with Crippen LogP contribution in [0.15, 0.2) is 45.7 Å². The zero-order valence-electron chi connectivity index (χ0n) is 18.2. The topological polar surface area (TPSA) is 93.5 Å². The fourth-order valence-corrected chi connectivity index (χ4v) is 3.46. The second-order valence-electron chi connectivity index (χ2n) is 7.50. The Morgan fingerprint density at radius 1 is 1.24 bits per heavy atom. The molecular weight excluding hydrogens is 500 g/mol. The average Bonchev–Trinajstić information content (AvgIpc) is 2.75. The lowest BCUT2D eigenvalue weighted by molar-refractivity contribution is 0.0924. The number of benzene rings is 2. The number of carbonyl (C=O) groups is 1. The Kier molecular flexibility index (Phi) is 7.60. The van der Waals surface area contributed by atoms with Gasteiger partial charge in [-0.05, 0) is 66.5 Å². The molecule has 0 fully saturated rings. The van der Waals surface area contributed by atoms with Crippen molar-refractivity contribution in [2.24, 2.45) is 0 Å². The minimum absolute atomic E-state index is 0.0129. The Morgan fingerprint density at radius 3 is 2.64 bits per heavy atom. The average molecular weight is 522 g/mol. The van der Waals surface area contributed by atoms with Crippen LogP contribution in [0.1, 0.15) is 34.2 Å². The van der Waals surface area contributed by atoms with Crippen molar-refractivity contribution in [1.29, 1.82) is 0 Å². The van der Waals surface area contributed by atoms with Gasteiger partial charge < -0.3 is 15.2 Å². The van der Waals surface area contributed by atoms with E-state index in [1.807, 2.05) is 0 Å². The van der Waals surface area contributed by atoms with Gasteiger partial charge in [0.1, 0.15) is 28.5 Å². The van der Waals surface area contributed by atoms with E-state index in [0.717, 1.165) is 17.7 Å². The molecule has 1 aromatic heterocycles. The Hall–Kier alpha value is -3.11. The first-order valence-electron chi connectivity index (χ1n) is 10.0. The van der Waals surface area contributed by atoms with E-state index >= 15 is 0 Å². The largest absolute Gasteiger partial charge is 0.472 e. The smallest absolute Gasteiger partial charge is 0.276 e. The van der Waals surface area contributed by atoms with E-state index in [2.05, 4.69) is 26.2 Å². The molecule has 1 heterocycles. The van der Waals surface area contributed by atoms with E-state index in [1.165, 1.54) is 10.6 Å². The molecule has 1 unspecified atom stereocenters. The third-order valence-electron chi connectivity index (χ3n) is 4.82. The molecule has 0 spiro atoms. The quantitative estimate of drug-likeness (QED) is 0.495. The van der Waals surface area contributed by atoms with Gasteiger partial charge in [-0.1, -0.05) is 6.07 Å². The van der Waals surface area contributed by atoms with Gasteiger partial charge in [-0.2, -0.15) is 4.98 Å². The number of hydrogen-bond donors (Lipinski definition) is 2. The number of amides is 1. The molecule has 2 N–H and O–H groups in total. The van der Waals surface area contributed by atoms with Gasteiger partial charge in [-0.25, -0.2) is 8.78 Å². The van der Waals surface area contributed by atoms with Crippen molar-refractivity contribution in [2.75, 3.05) is 6.54 Å². The number of carbonyl (C=O) groups excluding carboxylic acids is 1. The van der Waals surface area contributed by atoms with Crippen LogP contribution in [0.25, 0.3) is 5.69 Å². The lowest BCUT2D eigenvalue weighted by Gasteiger charge is -2.16. The van der Waals surface area contributed by atoms with E-state index in [1.54, 1.807) is 39.0 Å². The number of aliphatic hydroxyl groups is 1. The first kappa shape index (κ1) is 24.5. The molecule has 7 nitrogen and oxygen atoms in total. The van der Waals surface area contributed by atoms with Crippen molar-refractivity contribution in [3.05, 3.63) is 85.4 Å². The van der Waals surface area contributed by atoms with E-state index in [9.17, 15) is 23.5 Å². The van der Waals surface area contributed by atoms with Gasteiger partial charge in [-0.3, -0.25) is 14.2 Å². The van der Waals surface area contributed by atoms with Gasteiger partial charge in [0, 0.05) is 23.7 Å². The highest BCUT2D eigenvalue weighted by Gasteiger charge is 2.18. The van der Waals surface area contributed by atoms with Crippen LogP contribution < -0.4 is 15.6 Å². The van der Waals surface area contributed by atoms with Gasteiger partial charge in [0.15, 0.2) is 0 Å². The zero-order chi connectivity index (χ0) is 24.3. The van der Waals surface area contributed by atoms with Gasteiger partial charge in [0.2, 0.25) is 5.88 Å². The molecule has 0 aliphatic carbocycles. The normalized spacial score (nSPS) is 11.8. The number of nitrogens with zero attached hydrogens (tertiary/aromatic N) is 2. The number of aromatic nitrogens is 2. The second kappa shape index (κ2) is 10.2. The highest BCUT2D eigenvalue weighted by Crippen LogP contribution is 2.24. The molecule has 2 aromatic carbocycles. The van der Waals surface area contributed by atoms with Crippen molar-refractivity contribution in [1.82, 2.24) is 14.9 Å². The van der Waals surface area contributed by atoms with Crippen LogP contribution in [0.4, 0.5) is 8.78 Å². The molecule has 0 saturated carbocycles. The number of halogens is 3. The van der Waals surface area contributed by atoms with Crippen molar-refractivity contribution in [2.45, 2.75) is 33.5 Å². The van der Waals surface area contributed by atoms with Crippen LogP contribution in [0.3, 0.4) is 0 Å². The lowest BCUT2D eigenvalue weighted by atomic mass is 10.1. The molecule has 1 atom stereocenters. The summed E-state index contributed by atoms with van der Waals surface area (Å²) in [7, 11) is 0. The predicted molar refractivity (Wildman–Crippen MR) is 122 cm³/mol. The van der Waals surface area contributed by atoms with Crippen LogP contribution in [-0.4, -0.2) is 33.2 Å². The minimum atomic E-state index is -0.766. The summed E-state index contributed by atoms with van der Waals surface area (Å²) in [5, 5.41) is 12.0. The maximum Gasteiger partial charge on any atom is 0.276 e. The third-order valence-corrected chi connectivity index (χ3v) is 5.49. The van der Waals surface area contributed by atoms with Gasteiger partial charge in [0.25, 0.3) is 11.5 Å². The monoisotopic (exact) mass is 521 g/mol. The molecule has 1 amide bonds. The summed E-state index contributed by atoms with van der Waals surface area (Å²) in [5.74, 6) is -1.62. The molecule has 33 heavy (non-hydrogen) atoms. The van der Waals surface area contributed by atoms with Gasteiger partial charge in [-0.15, -0.1) is 0 Å². The fourth-order valence-electron chi connectivity index (χ4n) is 3.08. The lowest BCUT2D eigenvalue weighted by Crippen LogP contribution is -2.31. The van der Waals surface area contributed by atoms with Crippen molar-refractivity contribution >= 4 is 21.8 Å². The molecule has 0 aliphatic heterocycles. The number of rotatable bonds is 7. The van der Waals surface area contributed by atoms with Crippen LogP contribution in [-0.2, 0) is 6.61 Å². The number of aliphatic hydroxyl groups excluding tert-OH is 1. The highest BCUT2D eigenvalue weighted by molar-refractivity contribution is 9.10. The standard InChI is InChI=1S/C23H22BrF2N3O4/c1-12-4-5-15(21(31)27-10-13(2)30)8-19(12)29-14(3)28-22(20(24)23(29)32)33-11-16-6-7-17(25)9-18(16)26/h4-9,13,30H,10-11H2,1-3H3,(H,27,31). The van der Waals surface area contributed by atoms with Crippen LogP contribution >= 0.6 is 15.9 Å². The van der Waals surface area contributed by atoms with Crippen LogP contribution in [0.2, 0.25) is 0 Å². The van der Waals surface area contributed by atoms with E-state index < -0.39 is 29.2 Å². The Balaban J connectivity index is 1.93. The minimum Gasteiger partial charge on any atom is -0.472 e. The number of hydrogen-bond acceptors (Lipinski definition) is 5. The van der Waals surface area contributed by atoms with E-state index in [4.69, 9.17) is 4.74 Å². The molecule has 0 radical (unpaired) electrons. The molecule has 174 valence electrons. The summed E-state index contributed by atoms with van der Waals surface area (Å²) in [6.07, 6.45) is -0.695. The van der Waals surface area contributed by atoms with Gasteiger partial charge >= 0.3 is 0 Å². The molecule has 0 aliphatic rings.